The van der Waals surface area contributed by atoms with Gasteiger partial charge in [-0.15, -0.1) is 0 Å². The van der Waals surface area contributed by atoms with E-state index in [1.807, 2.05) is 0 Å². The normalized spacial score (nSPS) is 10.2. The van der Waals surface area contributed by atoms with Crippen molar-refractivity contribution in [2.45, 2.75) is 6.54 Å². The molecule has 1 N–H and O–H groups in total. The Bertz CT molecular complexity index is 669. The monoisotopic (exact) mass is 307 g/mol. The molecule has 116 valence electrons. The highest BCUT2D eigenvalue weighted by Crippen LogP contribution is 2.24. The molecule has 0 atom stereocenters. The molecule has 0 spiro atoms. The van der Waals surface area contributed by atoms with Crippen LogP contribution in [0.2, 0.25) is 0 Å². The lowest BCUT2D eigenvalue weighted by Crippen LogP contribution is -2.25. The topological polar surface area (TPSA) is 47.6 Å². The van der Waals surface area contributed by atoms with Gasteiger partial charge in [-0.05, 0) is 24.3 Å². The molecule has 0 aromatic heterocycles. The molecule has 0 aliphatic carbocycles. The van der Waals surface area contributed by atoms with Crippen LogP contribution in [-0.4, -0.2) is 20.1 Å². The summed E-state index contributed by atoms with van der Waals surface area (Å²) in [7, 11) is 3.01. The van der Waals surface area contributed by atoms with E-state index in [1.54, 1.807) is 18.2 Å². The first kappa shape index (κ1) is 15.8. The molecule has 2 aromatic rings. The fourth-order valence-corrected chi connectivity index (χ4v) is 1.98. The Kier molecular flexibility index (Phi) is 4.93. The first-order chi connectivity index (χ1) is 10.6. The molecule has 0 unspecified atom stereocenters. The molecule has 0 saturated heterocycles. The summed E-state index contributed by atoms with van der Waals surface area (Å²) in [6, 6.07) is 8.33. The van der Waals surface area contributed by atoms with Crippen LogP contribution in [0.1, 0.15) is 15.9 Å². The number of hydrogen-bond acceptors (Lipinski definition) is 3. The van der Waals surface area contributed by atoms with Crippen molar-refractivity contribution < 1.29 is 23.0 Å². The largest absolute Gasteiger partial charge is 0.497 e. The number of rotatable bonds is 5. The summed E-state index contributed by atoms with van der Waals surface area (Å²) in [4.78, 5) is 11.9. The molecule has 0 aliphatic rings. The van der Waals surface area contributed by atoms with Gasteiger partial charge in [0.15, 0.2) is 0 Å². The Morgan fingerprint density at radius 3 is 2.36 bits per heavy atom. The number of carbonyl (C=O) groups excluding carboxylic acids is 1. The SMILES string of the molecule is COc1ccc(CNC(=O)c2c(F)cccc2F)c(OC)c1. The standard InChI is InChI=1S/C16H15F2NO3/c1-21-11-7-6-10(14(8-11)22-2)9-19-16(20)15-12(17)4-3-5-13(15)18/h3-8H,9H2,1-2H3,(H,19,20). The van der Waals surface area contributed by atoms with Crippen LogP contribution in [0, 0.1) is 11.6 Å². The van der Waals surface area contributed by atoms with Crippen LogP contribution in [-0.2, 0) is 6.54 Å². The second-order valence-corrected chi connectivity index (χ2v) is 4.46. The van der Waals surface area contributed by atoms with E-state index in [2.05, 4.69) is 5.32 Å². The zero-order valence-electron chi connectivity index (χ0n) is 12.2. The highest BCUT2D eigenvalue weighted by atomic mass is 19.1. The Hall–Kier alpha value is -2.63. The van der Waals surface area contributed by atoms with Crippen molar-refractivity contribution in [3.05, 3.63) is 59.2 Å². The van der Waals surface area contributed by atoms with Crippen LogP contribution >= 0.6 is 0 Å². The first-order valence-electron chi connectivity index (χ1n) is 6.50. The van der Waals surface area contributed by atoms with E-state index in [1.165, 1.54) is 20.3 Å². The van der Waals surface area contributed by atoms with Gasteiger partial charge in [-0.3, -0.25) is 4.79 Å². The molecule has 0 bridgehead atoms. The van der Waals surface area contributed by atoms with Crippen LogP contribution in [0.15, 0.2) is 36.4 Å². The summed E-state index contributed by atoms with van der Waals surface area (Å²) >= 11 is 0. The van der Waals surface area contributed by atoms with Gasteiger partial charge < -0.3 is 14.8 Å². The van der Waals surface area contributed by atoms with Crippen LogP contribution in [0.3, 0.4) is 0 Å². The Morgan fingerprint density at radius 1 is 1.09 bits per heavy atom. The van der Waals surface area contributed by atoms with Crippen LogP contribution in [0.5, 0.6) is 11.5 Å². The average Bonchev–Trinajstić information content (AvgIpc) is 2.52. The predicted molar refractivity (Wildman–Crippen MR) is 77.1 cm³/mol. The highest BCUT2D eigenvalue weighted by Gasteiger charge is 2.17. The van der Waals surface area contributed by atoms with E-state index in [0.717, 1.165) is 12.1 Å². The summed E-state index contributed by atoms with van der Waals surface area (Å²) in [5.41, 5.74) is 0.0587. The summed E-state index contributed by atoms with van der Waals surface area (Å²) in [5, 5.41) is 2.47. The third-order valence-electron chi connectivity index (χ3n) is 3.12. The van der Waals surface area contributed by atoms with Crippen molar-refractivity contribution in [3.8, 4) is 11.5 Å². The lowest BCUT2D eigenvalue weighted by Gasteiger charge is -2.12. The lowest BCUT2D eigenvalue weighted by molar-refractivity contribution is 0.0942. The fourth-order valence-electron chi connectivity index (χ4n) is 1.98. The third kappa shape index (κ3) is 3.33. The number of nitrogens with one attached hydrogen (secondary N) is 1. The smallest absolute Gasteiger partial charge is 0.257 e. The van der Waals surface area contributed by atoms with Crippen molar-refractivity contribution in [3.63, 3.8) is 0 Å². The minimum Gasteiger partial charge on any atom is -0.497 e. The molecular formula is C16H15F2NO3. The van der Waals surface area contributed by atoms with E-state index in [-0.39, 0.29) is 6.54 Å². The molecule has 2 aromatic carbocycles. The maximum atomic E-state index is 13.5. The second kappa shape index (κ2) is 6.89. The molecule has 0 saturated carbocycles. The molecule has 2 rings (SSSR count). The van der Waals surface area contributed by atoms with Gasteiger partial charge in [-0.25, -0.2) is 8.78 Å². The summed E-state index contributed by atoms with van der Waals surface area (Å²) in [5.74, 6) is -1.52. The summed E-state index contributed by atoms with van der Waals surface area (Å²) in [6.07, 6.45) is 0. The summed E-state index contributed by atoms with van der Waals surface area (Å²) in [6.45, 7) is 0.0692. The lowest BCUT2D eigenvalue weighted by atomic mass is 10.1. The zero-order valence-corrected chi connectivity index (χ0v) is 12.2. The number of carbonyl (C=O) groups is 1. The van der Waals surface area contributed by atoms with Gasteiger partial charge in [0.25, 0.3) is 5.91 Å². The van der Waals surface area contributed by atoms with Gasteiger partial charge >= 0.3 is 0 Å². The van der Waals surface area contributed by atoms with Gasteiger partial charge in [0.05, 0.1) is 14.2 Å². The maximum absolute atomic E-state index is 13.5. The average molecular weight is 307 g/mol. The Labute approximate surface area is 126 Å². The predicted octanol–water partition coefficient (Wildman–Crippen LogP) is 2.91. The Balaban J connectivity index is 2.15. The minimum absolute atomic E-state index is 0.0692. The van der Waals surface area contributed by atoms with Gasteiger partial charge in [-0.2, -0.15) is 0 Å². The second-order valence-electron chi connectivity index (χ2n) is 4.46. The molecule has 0 fully saturated rings. The summed E-state index contributed by atoms with van der Waals surface area (Å²) < 4.78 is 37.3. The molecule has 0 aliphatic heterocycles. The van der Waals surface area contributed by atoms with E-state index in [9.17, 15) is 13.6 Å². The van der Waals surface area contributed by atoms with E-state index < -0.39 is 23.1 Å². The quantitative estimate of drug-likeness (QED) is 0.924. The van der Waals surface area contributed by atoms with Crippen molar-refractivity contribution in [1.82, 2.24) is 5.32 Å². The molecule has 4 nitrogen and oxygen atoms in total. The van der Waals surface area contributed by atoms with E-state index >= 15 is 0 Å². The minimum atomic E-state index is -0.904. The van der Waals surface area contributed by atoms with E-state index in [0.29, 0.717) is 17.1 Å². The highest BCUT2D eigenvalue weighted by molar-refractivity contribution is 5.94. The zero-order chi connectivity index (χ0) is 16.1. The molecule has 1 amide bonds. The third-order valence-corrected chi connectivity index (χ3v) is 3.12. The number of methoxy groups -OCH3 is 2. The van der Waals surface area contributed by atoms with Crippen molar-refractivity contribution in [2.24, 2.45) is 0 Å². The number of amides is 1. The van der Waals surface area contributed by atoms with Gasteiger partial charge in [0.2, 0.25) is 0 Å². The molecule has 6 heteroatoms. The van der Waals surface area contributed by atoms with Crippen molar-refractivity contribution >= 4 is 5.91 Å². The Morgan fingerprint density at radius 2 is 1.77 bits per heavy atom. The van der Waals surface area contributed by atoms with Gasteiger partial charge in [-0.1, -0.05) is 6.07 Å². The first-order valence-corrected chi connectivity index (χ1v) is 6.50. The number of benzene rings is 2. The van der Waals surface area contributed by atoms with Gasteiger partial charge in [0.1, 0.15) is 28.7 Å². The van der Waals surface area contributed by atoms with Crippen LogP contribution in [0.4, 0.5) is 8.78 Å². The number of ether oxygens (including phenoxy) is 2. The molecule has 22 heavy (non-hydrogen) atoms. The van der Waals surface area contributed by atoms with Crippen LogP contribution in [0.25, 0.3) is 0 Å². The fraction of sp³-hybridized carbons (Fsp3) is 0.188. The van der Waals surface area contributed by atoms with Crippen molar-refractivity contribution in [1.29, 1.82) is 0 Å². The van der Waals surface area contributed by atoms with Crippen LogP contribution < -0.4 is 14.8 Å². The molecular weight excluding hydrogens is 292 g/mol. The van der Waals surface area contributed by atoms with E-state index in [4.69, 9.17) is 9.47 Å². The molecule has 0 radical (unpaired) electrons. The number of hydrogen-bond donors (Lipinski definition) is 1. The maximum Gasteiger partial charge on any atom is 0.257 e. The molecule has 0 heterocycles. The number of halogens is 2. The van der Waals surface area contributed by atoms with Crippen molar-refractivity contribution in [2.75, 3.05) is 14.2 Å². The van der Waals surface area contributed by atoms with Gasteiger partial charge in [0, 0.05) is 18.2 Å².